The molecule has 7 nitrogen and oxygen atoms in total. The first-order valence-electron chi connectivity index (χ1n) is 10.4. The molecule has 2 aliphatic heterocycles. The number of imide groups is 1. The fourth-order valence-electron chi connectivity index (χ4n) is 4.42. The smallest absolute Gasteiger partial charge is 0.266 e. The summed E-state index contributed by atoms with van der Waals surface area (Å²) in [6, 6.07) is 21.5. The van der Waals surface area contributed by atoms with Crippen LogP contribution in [0.1, 0.15) is 11.6 Å². The van der Waals surface area contributed by atoms with Crippen molar-refractivity contribution in [1.82, 2.24) is 0 Å². The number of benzene rings is 3. The molecule has 2 heterocycles. The van der Waals surface area contributed by atoms with Gasteiger partial charge in [0.15, 0.2) is 6.10 Å². The Balaban J connectivity index is 1.59. The number of amides is 2. The molecule has 8 heteroatoms. The van der Waals surface area contributed by atoms with Crippen LogP contribution >= 0.6 is 15.9 Å². The number of hydrogen-bond donors (Lipinski definition) is 0. The summed E-state index contributed by atoms with van der Waals surface area (Å²) < 4.78 is 11.4. The molecule has 0 aliphatic carbocycles. The normalized spacial score (nSPS) is 22.0. The van der Waals surface area contributed by atoms with Crippen LogP contribution < -0.4 is 19.4 Å². The van der Waals surface area contributed by atoms with Crippen molar-refractivity contribution in [2.75, 3.05) is 24.2 Å². The van der Waals surface area contributed by atoms with Crippen LogP contribution in [0.3, 0.4) is 0 Å². The van der Waals surface area contributed by atoms with Gasteiger partial charge in [-0.15, -0.1) is 0 Å². The number of halogens is 1. The lowest BCUT2D eigenvalue weighted by atomic mass is 9.90. The van der Waals surface area contributed by atoms with Gasteiger partial charge in [-0.2, -0.15) is 0 Å². The van der Waals surface area contributed by atoms with Crippen LogP contribution in [0, 0.1) is 5.92 Å². The summed E-state index contributed by atoms with van der Waals surface area (Å²) in [5, 5.41) is 1.67. The first-order chi connectivity index (χ1) is 16.0. The zero-order valence-electron chi connectivity index (χ0n) is 18.0. The van der Waals surface area contributed by atoms with Gasteiger partial charge in [0, 0.05) is 6.07 Å². The molecule has 0 bridgehead atoms. The fourth-order valence-corrected chi connectivity index (χ4v) is 4.98. The Morgan fingerprint density at radius 2 is 1.61 bits per heavy atom. The molecule has 5 rings (SSSR count). The lowest BCUT2D eigenvalue weighted by molar-refractivity contribution is -0.126. The van der Waals surface area contributed by atoms with Crippen molar-refractivity contribution in [3.05, 3.63) is 82.8 Å². The molecule has 0 aromatic heterocycles. The topological polar surface area (TPSA) is 68.3 Å². The number of carbonyl (C=O) groups is 2. The van der Waals surface area contributed by atoms with Crippen LogP contribution in [-0.4, -0.2) is 32.1 Å². The molecule has 0 N–H and O–H groups in total. The minimum Gasteiger partial charge on any atom is -0.497 e. The molecule has 0 spiro atoms. The van der Waals surface area contributed by atoms with Gasteiger partial charge in [0.2, 0.25) is 5.91 Å². The van der Waals surface area contributed by atoms with Gasteiger partial charge < -0.3 is 9.47 Å². The van der Waals surface area contributed by atoms with E-state index in [9.17, 15) is 9.59 Å². The van der Waals surface area contributed by atoms with Crippen molar-refractivity contribution in [3.63, 3.8) is 0 Å². The summed E-state index contributed by atoms with van der Waals surface area (Å²) in [6.07, 6.45) is -0.935. The van der Waals surface area contributed by atoms with E-state index in [0.29, 0.717) is 17.2 Å². The fraction of sp³-hybridized carbons (Fsp3) is 0.200. The zero-order valence-corrected chi connectivity index (χ0v) is 19.6. The van der Waals surface area contributed by atoms with Crippen LogP contribution in [-0.2, 0) is 14.4 Å². The largest absolute Gasteiger partial charge is 0.497 e. The van der Waals surface area contributed by atoms with E-state index in [1.807, 2.05) is 48.5 Å². The number of para-hydroxylation sites is 1. The monoisotopic (exact) mass is 508 g/mol. The van der Waals surface area contributed by atoms with Gasteiger partial charge in [0.05, 0.1) is 36.1 Å². The van der Waals surface area contributed by atoms with Crippen LogP contribution in [0.2, 0.25) is 0 Å². The zero-order chi connectivity index (χ0) is 23.1. The molecular formula is C25H21BrN2O5. The highest BCUT2D eigenvalue weighted by Gasteiger charge is 2.60. The molecule has 2 saturated heterocycles. The summed E-state index contributed by atoms with van der Waals surface area (Å²) in [6.45, 7) is 0. The summed E-state index contributed by atoms with van der Waals surface area (Å²) in [5.41, 5.74) is 2.05. The highest BCUT2D eigenvalue weighted by atomic mass is 79.9. The van der Waals surface area contributed by atoms with Gasteiger partial charge in [-0.05, 0) is 57.9 Å². The number of carbonyl (C=O) groups excluding carboxylic acids is 2. The Hall–Kier alpha value is -3.36. The van der Waals surface area contributed by atoms with E-state index in [4.69, 9.17) is 14.3 Å². The van der Waals surface area contributed by atoms with E-state index in [1.165, 1.54) is 4.90 Å². The predicted octanol–water partition coefficient (Wildman–Crippen LogP) is 4.52. The van der Waals surface area contributed by atoms with Crippen molar-refractivity contribution in [2.24, 2.45) is 5.92 Å². The average Bonchev–Trinajstić information content (AvgIpc) is 3.35. The quantitative estimate of drug-likeness (QED) is 0.472. The van der Waals surface area contributed by atoms with Crippen LogP contribution in [0.15, 0.2) is 77.3 Å². The third kappa shape index (κ3) is 3.55. The lowest BCUT2D eigenvalue weighted by Gasteiger charge is -2.29. The summed E-state index contributed by atoms with van der Waals surface area (Å²) in [7, 11) is 3.13. The summed E-state index contributed by atoms with van der Waals surface area (Å²) >= 11 is 3.53. The average molecular weight is 509 g/mol. The molecule has 0 radical (unpaired) electrons. The lowest BCUT2D eigenvalue weighted by Crippen LogP contribution is -2.37. The number of nitrogens with zero attached hydrogens (tertiary/aromatic N) is 2. The van der Waals surface area contributed by atoms with Crippen molar-refractivity contribution < 1.29 is 23.9 Å². The van der Waals surface area contributed by atoms with Gasteiger partial charge in [-0.3, -0.25) is 14.4 Å². The third-order valence-electron chi connectivity index (χ3n) is 5.95. The third-order valence-corrected chi connectivity index (χ3v) is 6.57. The van der Waals surface area contributed by atoms with Gasteiger partial charge in [-0.1, -0.05) is 30.3 Å². The second-order valence-corrected chi connectivity index (χ2v) is 8.62. The van der Waals surface area contributed by atoms with Gasteiger partial charge in [-0.25, -0.2) is 9.96 Å². The van der Waals surface area contributed by atoms with Gasteiger partial charge in [0.25, 0.3) is 5.91 Å². The van der Waals surface area contributed by atoms with E-state index < -0.39 is 24.0 Å². The van der Waals surface area contributed by atoms with E-state index in [2.05, 4.69) is 15.9 Å². The van der Waals surface area contributed by atoms with Crippen molar-refractivity contribution >= 4 is 39.1 Å². The molecule has 2 amide bonds. The standard InChI is InChI=1S/C25H21BrN2O5/c1-31-18-10-6-9-17(14-18)27-24(29)21-22(15-11-12-20(32-2)19(26)13-15)28(33-23(21)25(27)30)16-7-4-3-5-8-16/h3-14,21-23H,1-2H3/t21-,22-,23+/m0/s1. The van der Waals surface area contributed by atoms with Crippen LogP contribution in [0.4, 0.5) is 11.4 Å². The molecule has 2 aliphatic rings. The second kappa shape index (κ2) is 8.53. The molecule has 3 aromatic rings. The second-order valence-electron chi connectivity index (χ2n) is 7.77. The number of hydrogen-bond acceptors (Lipinski definition) is 6. The van der Waals surface area contributed by atoms with Gasteiger partial charge >= 0.3 is 0 Å². The molecule has 168 valence electrons. The van der Waals surface area contributed by atoms with E-state index in [1.54, 1.807) is 43.5 Å². The van der Waals surface area contributed by atoms with Crippen molar-refractivity contribution in [3.8, 4) is 11.5 Å². The molecule has 33 heavy (non-hydrogen) atoms. The Labute approximate surface area is 199 Å². The first kappa shape index (κ1) is 21.5. The summed E-state index contributed by atoms with van der Waals surface area (Å²) in [5.74, 6) is -0.188. The summed E-state index contributed by atoms with van der Waals surface area (Å²) in [4.78, 5) is 34.5. The Morgan fingerprint density at radius 3 is 2.30 bits per heavy atom. The maximum Gasteiger partial charge on any atom is 0.266 e. The number of anilines is 2. The molecule has 2 fully saturated rings. The number of fused-ring (bicyclic) bond motifs is 1. The molecule has 0 saturated carbocycles. The van der Waals surface area contributed by atoms with Gasteiger partial charge in [0.1, 0.15) is 17.4 Å². The maximum atomic E-state index is 13.7. The van der Waals surface area contributed by atoms with Crippen LogP contribution in [0.5, 0.6) is 11.5 Å². The maximum absolute atomic E-state index is 13.7. The molecule has 3 atom stereocenters. The SMILES string of the molecule is COc1cccc(N2C(=O)[C@@H]3[C@@H](ON(c4ccccc4)[C@H]3c3ccc(OC)c(Br)c3)C2=O)c1. The van der Waals surface area contributed by atoms with E-state index >= 15 is 0 Å². The Morgan fingerprint density at radius 1 is 0.848 bits per heavy atom. The highest BCUT2D eigenvalue weighted by Crippen LogP contribution is 2.48. The Bertz CT molecular complexity index is 1220. The molecular weight excluding hydrogens is 488 g/mol. The molecule has 0 unspecified atom stereocenters. The number of methoxy groups -OCH3 is 2. The first-order valence-corrected chi connectivity index (χ1v) is 11.2. The van der Waals surface area contributed by atoms with E-state index in [0.717, 1.165) is 15.7 Å². The number of ether oxygens (including phenoxy) is 2. The van der Waals surface area contributed by atoms with Crippen molar-refractivity contribution in [1.29, 1.82) is 0 Å². The Kier molecular flexibility index (Phi) is 5.55. The van der Waals surface area contributed by atoms with E-state index in [-0.39, 0.29) is 5.91 Å². The minimum absolute atomic E-state index is 0.311. The highest BCUT2D eigenvalue weighted by molar-refractivity contribution is 9.10. The van der Waals surface area contributed by atoms with Crippen LogP contribution in [0.25, 0.3) is 0 Å². The number of hydroxylamine groups is 1. The minimum atomic E-state index is -0.935. The van der Waals surface area contributed by atoms with Crippen molar-refractivity contribution in [2.45, 2.75) is 12.1 Å². The molecule has 3 aromatic carbocycles. The number of rotatable bonds is 5. The predicted molar refractivity (Wildman–Crippen MR) is 126 cm³/mol.